The summed E-state index contributed by atoms with van der Waals surface area (Å²) in [4.78, 5) is 14.8. The summed E-state index contributed by atoms with van der Waals surface area (Å²) in [6.07, 6.45) is 0.901. The van der Waals surface area contributed by atoms with Crippen molar-refractivity contribution in [3.8, 4) is 0 Å². The molecule has 1 aliphatic heterocycles. The van der Waals surface area contributed by atoms with Crippen LogP contribution in [0.15, 0.2) is 29.3 Å². The molecule has 1 aromatic carbocycles. The number of benzene rings is 1. The van der Waals surface area contributed by atoms with Crippen LogP contribution < -0.4 is 0 Å². The molecule has 0 spiro atoms. The minimum absolute atomic E-state index is 0.0508. The van der Waals surface area contributed by atoms with Crippen molar-refractivity contribution < 1.29 is 9.66 Å². The molecule has 1 aromatic rings. The zero-order valence-corrected chi connectivity index (χ0v) is 10.7. The van der Waals surface area contributed by atoms with Crippen LogP contribution >= 0.6 is 0 Å². The number of nitro benzene ring substituents is 1. The van der Waals surface area contributed by atoms with E-state index in [-0.39, 0.29) is 17.3 Å². The second-order valence-corrected chi connectivity index (χ2v) is 5.17. The number of aliphatic imine (C=N–C) groups is 1. The Morgan fingerprint density at radius 3 is 2.83 bits per heavy atom. The SMILES string of the molecule is CC1CC(C)(C)N=C(c2cccc([N+](=O)[O-])c2)O1. The van der Waals surface area contributed by atoms with Crippen molar-refractivity contribution in [3.63, 3.8) is 0 Å². The van der Waals surface area contributed by atoms with Crippen molar-refractivity contribution in [1.29, 1.82) is 0 Å². The van der Waals surface area contributed by atoms with Crippen LogP contribution in [0.3, 0.4) is 0 Å². The summed E-state index contributed by atoms with van der Waals surface area (Å²) < 4.78 is 5.67. The fourth-order valence-electron chi connectivity index (χ4n) is 2.17. The van der Waals surface area contributed by atoms with Gasteiger partial charge < -0.3 is 4.74 Å². The van der Waals surface area contributed by atoms with Gasteiger partial charge in [0, 0.05) is 24.1 Å². The second kappa shape index (κ2) is 4.40. The predicted octanol–water partition coefficient (Wildman–Crippen LogP) is 2.93. The van der Waals surface area contributed by atoms with Gasteiger partial charge in [0.1, 0.15) is 0 Å². The Morgan fingerprint density at radius 1 is 1.50 bits per heavy atom. The minimum atomic E-state index is -0.415. The van der Waals surface area contributed by atoms with Gasteiger partial charge in [-0.05, 0) is 26.8 Å². The molecule has 2 rings (SSSR count). The number of ether oxygens (including phenoxy) is 1. The number of hydrogen-bond donors (Lipinski definition) is 0. The molecule has 5 nitrogen and oxygen atoms in total. The highest BCUT2D eigenvalue weighted by Crippen LogP contribution is 2.26. The lowest BCUT2D eigenvalue weighted by molar-refractivity contribution is -0.384. The highest BCUT2D eigenvalue weighted by atomic mass is 16.6. The Bertz CT molecular complexity index is 509. The average molecular weight is 248 g/mol. The molecule has 0 saturated carbocycles. The van der Waals surface area contributed by atoms with Gasteiger partial charge in [0.2, 0.25) is 5.90 Å². The van der Waals surface area contributed by atoms with Crippen molar-refractivity contribution in [2.24, 2.45) is 4.99 Å². The van der Waals surface area contributed by atoms with Crippen LogP contribution in [0.25, 0.3) is 0 Å². The largest absolute Gasteiger partial charge is 0.474 e. The zero-order valence-electron chi connectivity index (χ0n) is 10.7. The van der Waals surface area contributed by atoms with E-state index in [4.69, 9.17) is 4.74 Å². The van der Waals surface area contributed by atoms with Gasteiger partial charge >= 0.3 is 0 Å². The summed E-state index contributed by atoms with van der Waals surface area (Å²) in [7, 11) is 0. The molecule has 0 amide bonds. The monoisotopic (exact) mass is 248 g/mol. The molecule has 0 fully saturated rings. The maximum absolute atomic E-state index is 10.8. The summed E-state index contributed by atoms with van der Waals surface area (Å²) in [5.41, 5.74) is 0.510. The van der Waals surface area contributed by atoms with Crippen molar-refractivity contribution >= 4 is 11.6 Å². The van der Waals surface area contributed by atoms with Gasteiger partial charge in [-0.1, -0.05) is 6.07 Å². The molecule has 1 aliphatic rings. The summed E-state index contributed by atoms with van der Waals surface area (Å²) in [5.74, 6) is 0.488. The first-order chi connectivity index (χ1) is 8.37. The summed E-state index contributed by atoms with van der Waals surface area (Å²) in [5, 5.41) is 10.8. The van der Waals surface area contributed by atoms with E-state index in [9.17, 15) is 10.1 Å². The number of rotatable bonds is 2. The van der Waals surface area contributed by atoms with Gasteiger partial charge in [-0.15, -0.1) is 0 Å². The van der Waals surface area contributed by atoms with E-state index < -0.39 is 4.92 Å². The smallest absolute Gasteiger partial charge is 0.270 e. The lowest BCUT2D eigenvalue weighted by Crippen LogP contribution is -2.34. The zero-order chi connectivity index (χ0) is 13.3. The lowest BCUT2D eigenvalue weighted by atomic mass is 9.96. The highest BCUT2D eigenvalue weighted by molar-refractivity contribution is 5.95. The molecule has 1 atom stereocenters. The van der Waals surface area contributed by atoms with E-state index in [1.54, 1.807) is 12.1 Å². The van der Waals surface area contributed by atoms with Crippen LogP contribution in [0, 0.1) is 10.1 Å². The average Bonchev–Trinajstić information content (AvgIpc) is 2.26. The summed E-state index contributed by atoms with van der Waals surface area (Å²) >= 11 is 0. The third-order valence-electron chi connectivity index (χ3n) is 2.81. The Hall–Kier alpha value is -1.91. The fourth-order valence-corrected chi connectivity index (χ4v) is 2.17. The Morgan fingerprint density at radius 2 is 2.22 bits per heavy atom. The Balaban J connectivity index is 2.39. The minimum Gasteiger partial charge on any atom is -0.474 e. The molecule has 1 unspecified atom stereocenters. The first kappa shape index (κ1) is 12.5. The third kappa shape index (κ3) is 2.67. The van der Waals surface area contributed by atoms with Crippen LogP contribution in [0.5, 0.6) is 0 Å². The van der Waals surface area contributed by atoms with Gasteiger partial charge in [-0.2, -0.15) is 0 Å². The third-order valence-corrected chi connectivity index (χ3v) is 2.81. The maximum atomic E-state index is 10.8. The number of nitrogens with zero attached hydrogens (tertiary/aromatic N) is 2. The van der Waals surface area contributed by atoms with E-state index in [0.717, 1.165) is 6.42 Å². The van der Waals surface area contributed by atoms with Crippen molar-refractivity contribution in [1.82, 2.24) is 0 Å². The van der Waals surface area contributed by atoms with Crippen LogP contribution in [-0.4, -0.2) is 22.5 Å². The van der Waals surface area contributed by atoms with Crippen LogP contribution in [0.4, 0.5) is 5.69 Å². The van der Waals surface area contributed by atoms with Gasteiger partial charge in [-0.25, -0.2) is 4.99 Å². The Kier molecular flexibility index (Phi) is 3.07. The van der Waals surface area contributed by atoms with Gasteiger partial charge in [0.15, 0.2) is 0 Å². The fraction of sp³-hybridized carbons (Fsp3) is 0.462. The molecule has 1 heterocycles. The first-order valence-electron chi connectivity index (χ1n) is 5.89. The van der Waals surface area contributed by atoms with E-state index in [1.807, 2.05) is 20.8 Å². The van der Waals surface area contributed by atoms with E-state index in [0.29, 0.717) is 11.5 Å². The van der Waals surface area contributed by atoms with Crippen molar-refractivity contribution in [3.05, 3.63) is 39.9 Å². The normalized spacial score (nSPS) is 21.9. The standard InChI is InChI=1S/C13H16N2O3/c1-9-8-13(2,3)14-12(18-9)10-5-4-6-11(7-10)15(16)17/h4-7,9H,8H2,1-3H3. The molecular weight excluding hydrogens is 232 g/mol. The van der Waals surface area contributed by atoms with E-state index >= 15 is 0 Å². The van der Waals surface area contributed by atoms with Gasteiger partial charge in [0.25, 0.3) is 5.69 Å². The molecular formula is C13H16N2O3. The molecule has 18 heavy (non-hydrogen) atoms. The molecule has 0 aliphatic carbocycles. The lowest BCUT2D eigenvalue weighted by Gasteiger charge is -2.31. The van der Waals surface area contributed by atoms with Gasteiger partial charge in [0.05, 0.1) is 16.6 Å². The predicted molar refractivity (Wildman–Crippen MR) is 68.9 cm³/mol. The molecule has 96 valence electrons. The summed E-state index contributed by atoms with van der Waals surface area (Å²) in [6, 6.07) is 6.37. The van der Waals surface area contributed by atoms with E-state index in [2.05, 4.69) is 4.99 Å². The van der Waals surface area contributed by atoms with Crippen molar-refractivity contribution in [2.75, 3.05) is 0 Å². The molecule has 0 saturated heterocycles. The number of non-ortho nitro benzene ring substituents is 1. The first-order valence-corrected chi connectivity index (χ1v) is 5.89. The topological polar surface area (TPSA) is 64.7 Å². The van der Waals surface area contributed by atoms with E-state index in [1.165, 1.54) is 12.1 Å². The van der Waals surface area contributed by atoms with Crippen molar-refractivity contribution in [2.45, 2.75) is 38.8 Å². The molecule has 5 heteroatoms. The van der Waals surface area contributed by atoms with Crippen LogP contribution in [-0.2, 0) is 4.74 Å². The Labute approximate surface area is 106 Å². The molecule has 0 N–H and O–H groups in total. The number of hydrogen-bond acceptors (Lipinski definition) is 4. The molecule has 0 aromatic heterocycles. The summed E-state index contributed by atoms with van der Waals surface area (Å²) in [6.45, 7) is 6.04. The molecule has 0 bridgehead atoms. The quantitative estimate of drug-likeness (QED) is 0.597. The number of nitro groups is 1. The van der Waals surface area contributed by atoms with Gasteiger partial charge in [-0.3, -0.25) is 10.1 Å². The maximum Gasteiger partial charge on any atom is 0.270 e. The highest BCUT2D eigenvalue weighted by Gasteiger charge is 2.29. The van der Waals surface area contributed by atoms with Crippen LogP contribution in [0.2, 0.25) is 0 Å². The van der Waals surface area contributed by atoms with Crippen LogP contribution in [0.1, 0.15) is 32.8 Å². The molecule has 0 radical (unpaired) electrons. The second-order valence-electron chi connectivity index (χ2n) is 5.17.